The van der Waals surface area contributed by atoms with Gasteiger partial charge in [-0.3, -0.25) is 4.79 Å². The van der Waals surface area contributed by atoms with Gasteiger partial charge in [0, 0.05) is 4.88 Å². The lowest BCUT2D eigenvalue weighted by molar-refractivity contribution is -0.123. The number of nitrogens with one attached hydrogen (secondary N) is 1. The molecule has 1 N–H and O–H groups in total. The van der Waals surface area contributed by atoms with Crippen molar-refractivity contribution in [3.05, 3.63) is 22.4 Å². The third-order valence-electron chi connectivity index (χ3n) is 1.72. The molecule has 0 radical (unpaired) electrons. The summed E-state index contributed by atoms with van der Waals surface area (Å²) in [6, 6.07) is 3.82. The molecule has 0 aliphatic carbocycles. The highest BCUT2D eigenvalue weighted by Crippen LogP contribution is 2.20. The van der Waals surface area contributed by atoms with Crippen LogP contribution in [-0.2, 0) is 9.59 Å². The highest BCUT2D eigenvalue weighted by atomic mass is 32.1. The van der Waals surface area contributed by atoms with E-state index in [2.05, 4.69) is 5.32 Å². The molecule has 0 saturated heterocycles. The van der Waals surface area contributed by atoms with Crippen molar-refractivity contribution in [2.75, 3.05) is 6.54 Å². The summed E-state index contributed by atoms with van der Waals surface area (Å²) in [5.74, 6) is -0.269. The van der Waals surface area contributed by atoms with Gasteiger partial charge in [-0.25, -0.2) is 0 Å². The normalized spacial score (nSPS) is 12.1. The number of hydrogen-bond acceptors (Lipinski definition) is 3. The van der Waals surface area contributed by atoms with Gasteiger partial charge in [0.2, 0.25) is 5.91 Å². The van der Waals surface area contributed by atoms with Crippen LogP contribution < -0.4 is 5.32 Å². The van der Waals surface area contributed by atoms with Crippen molar-refractivity contribution >= 4 is 23.5 Å². The largest absolute Gasteiger partial charge is 0.349 e. The molecule has 0 bridgehead atoms. The zero-order chi connectivity index (χ0) is 9.68. The van der Waals surface area contributed by atoms with E-state index in [0.29, 0.717) is 6.29 Å². The third-order valence-corrected chi connectivity index (χ3v) is 2.78. The Morgan fingerprint density at radius 1 is 1.77 bits per heavy atom. The summed E-state index contributed by atoms with van der Waals surface area (Å²) in [6.45, 7) is 1.92. The molecule has 1 rings (SSSR count). The van der Waals surface area contributed by atoms with E-state index in [9.17, 15) is 9.59 Å². The number of aldehydes is 1. The highest BCUT2D eigenvalue weighted by molar-refractivity contribution is 7.10. The van der Waals surface area contributed by atoms with Crippen LogP contribution in [0.15, 0.2) is 17.5 Å². The van der Waals surface area contributed by atoms with E-state index in [-0.39, 0.29) is 18.4 Å². The van der Waals surface area contributed by atoms with Gasteiger partial charge in [0.25, 0.3) is 0 Å². The summed E-state index contributed by atoms with van der Waals surface area (Å²) in [5, 5.41) is 4.45. The summed E-state index contributed by atoms with van der Waals surface area (Å²) >= 11 is 1.54. The van der Waals surface area contributed by atoms with Gasteiger partial charge in [0.15, 0.2) is 0 Å². The Morgan fingerprint density at radius 3 is 3.08 bits per heavy atom. The van der Waals surface area contributed by atoms with Crippen molar-refractivity contribution in [2.24, 2.45) is 0 Å². The molecule has 1 amide bonds. The molecule has 0 spiro atoms. The van der Waals surface area contributed by atoms with E-state index in [4.69, 9.17) is 0 Å². The van der Waals surface area contributed by atoms with Crippen LogP contribution in [0.3, 0.4) is 0 Å². The maximum atomic E-state index is 11.3. The van der Waals surface area contributed by atoms with Gasteiger partial charge in [-0.1, -0.05) is 6.07 Å². The van der Waals surface area contributed by atoms with E-state index >= 15 is 0 Å². The summed E-state index contributed by atoms with van der Waals surface area (Å²) in [5.41, 5.74) is 0. The number of amides is 1. The van der Waals surface area contributed by atoms with Gasteiger partial charge in [-0.05, 0) is 18.4 Å². The molecule has 0 saturated carbocycles. The van der Waals surface area contributed by atoms with Crippen molar-refractivity contribution in [3.63, 3.8) is 0 Å². The van der Waals surface area contributed by atoms with E-state index in [1.807, 2.05) is 24.4 Å². The molecule has 0 aromatic carbocycles. The van der Waals surface area contributed by atoms with Crippen molar-refractivity contribution in [2.45, 2.75) is 12.8 Å². The Kier molecular flexibility index (Phi) is 3.64. The van der Waals surface area contributed by atoms with Crippen molar-refractivity contribution in [1.82, 2.24) is 5.32 Å². The minimum absolute atomic E-state index is 0.0918. The molecule has 4 heteroatoms. The zero-order valence-corrected chi connectivity index (χ0v) is 8.14. The molecule has 0 fully saturated rings. The van der Waals surface area contributed by atoms with Gasteiger partial charge in [0.1, 0.15) is 6.29 Å². The topological polar surface area (TPSA) is 46.2 Å². The van der Waals surface area contributed by atoms with Gasteiger partial charge in [-0.2, -0.15) is 0 Å². The van der Waals surface area contributed by atoms with E-state index in [1.165, 1.54) is 0 Å². The average Bonchev–Trinajstić information content (AvgIpc) is 2.65. The quantitative estimate of drug-likeness (QED) is 0.736. The molecule has 0 aliphatic heterocycles. The fourth-order valence-electron chi connectivity index (χ4n) is 0.962. The fourth-order valence-corrected chi connectivity index (χ4v) is 1.74. The third kappa shape index (κ3) is 2.66. The molecular formula is C9H11NO2S. The number of carbonyl (C=O) groups excluding carboxylic acids is 2. The van der Waals surface area contributed by atoms with Crippen LogP contribution >= 0.6 is 11.3 Å². The maximum Gasteiger partial charge on any atom is 0.228 e. The summed E-state index contributed by atoms with van der Waals surface area (Å²) in [6.07, 6.45) is 0.680. The second-order valence-corrected chi connectivity index (χ2v) is 3.63. The standard InChI is InChI=1S/C9H11NO2S/c1-7(8-3-2-6-13-8)9(12)10-4-5-11/h2-3,5-7H,4H2,1H3,(H,10,12). The van der Waals surface area contributed by atoms with Crippen LogP contribution in [0.25, 0.3) is 0 Å². The Balaban J connectivity index is 2.52. The Bertz CT molecular complexity index is 282. The first-order chi connectivity index (χ1) is 6.25. The molecule has 1 aromatic heterocycles. The second kappa shape index (κ2) is 4.77. The molecule has 1 aromatic rings. The molecule has 1 atom stereocenters. The molecule has 3 nitrogen and oxygen atoms in total. The predicted molar refractivity (Wildman–Crippen MR) is 51.8 cm³/mol. The first kappa shape index (κ1) is 9.92. The van der Waals surface area contributed by atoms with E-state index in [0.717, 1.165) is 4.88 Å². The SMILES string of the molecule is CC(C(=O)NCC=O)c1cccs1. The van der Waals surface area contributed by atoms with Crippen LogP contribution in [-0.4, -0.2) is 18.7 Å². The van der Waals surface area contributed by atoms with Crippen molar-refractivity contribution in [3.8, 4) is 0 Å². The number of hydrogen-bond donors (Lipinski definition) is 1. The van der Waals surface area contributed by atoms with Gasteiger partial charge < -0.3 is 10.1 Å². The van der Waals surface area contributed by atoms with Gasteiger partial charge in [-0.15, -0.1) is 11.3 Å². The van der Waals surface area contributed by atoms with Crippen LogP contribution in [0.5, 0.6) is 0 Å². The van der Waals surface area contributed by atoms with E-state index in [1.54, 1.807) is 11.3 Å². The lowest BCUT2D eigenvalue weighted by Crippen LogP contribution is -2.29. The molecule has 70 valence electrons. The van der Waals surface area contributed by atoms with Gasteiger partial charge in [0.05, 0.1) is 12.5 Å². The number of rotatable bonds is 4. The summed E-state index contributed by atoms with van der Waals surface area (Å²) in [4.78, 5) is 22.4. The first-order valence-electron chi connectivity index (χ1n) is 4.00. The molecule has 1 heterocycles. The average molecular weight is 197 g/mol. The van der Waals surface area contributed by atoms with E-state index < -0.39 is 0 Å². The van der Waals surface area contributed by atoms with Crippen LogP contribution in [0.1, 0.15) is 17.7 Å². The van der Waals surface area contributed by atoms with Gasteiger partial charge >= 0.3 is 0 Å². The van der Waals surface area contributed by atoms with Crippen LogP contribution in [0.2, 0.25) is 0 Å². The summed E-state index contributed by atoms with van der Waals surface area (Å²) < 4.78 is 0. The first-order valence-corrected chi connectivity index (χ1v) is 4.88. The number of thiophene rings is 1. The lowest BCUT2D eigenvalue weighted by atomic mass is 10.1. The molecule has 13 heavy (non-hydrogen) atoms. The minimum Gasteiger partial charge on any atom is -0.349 e. The monoisotopic (exact) mass is 197 g/mol. The maximum absolute atomic E-state index is 11.3. The molecule has 0 aliphatic rings. The van der Waals surface area contributed by atoms with Crippen molar-refractivity contribution < 1.29 is 9.59 Å². The fraction of sp³-hybridized carbons (Fsp3) is 0.333. The van der Waals surface area contributed by atoms with Crippen molar-refractivity contribution in [1.29, 1.82) is 0 Å². The molecule has 1 unspecified atom stereocenters. The highest BCUT2D eigenvalue weighted by Gasteiger charge is 2.14. The van der Waals surface area contributed by atoms with Crippen LogP contribution in [0.4, 0.5) is 0 Å². The second-order valence-electron chi connectivity index (χ2n) is 2.65. The Labute approximate surface area is 80.8 Å². The smallest absolute Gasteiger partial charge is 0.228 e. The minimum atomic E-state index is -0.167. The zero-order valence-electron chi connectivity index (χ0n) is 7.32. The predicted octanol–water partition coefficient (Wildman–Crippen LogP) is 1.17. The lowest BCUT2D eigenvalue weighted by Gasteiger charge is -2.07. The Hall–Kier alpha value is -1.16. The molecular weight excluding hydrogens is 186 g/mol. The Morgan fingerprint density at radius 2 is 2.54 bits per heavy atom. The summed E-state index contributed by atoms with van der Waals surface area (Å²) in [7, 11) is 0. The van der Waals surface area contributed by atoms with Crippen LogP contribution in [0, 0.1) is 0 Å². The number of carbonyl (C=O) groups is 2.